The summed E-state index contributed by atoms with van der Waals surface area (Å²) in [7, 11) is -4.24. The molecule has 0 aromatic heterocycles. The predicted octanol–water partition coefficient (Wildman–Crippen LogP) is 4.23. The Morgan fingerprint density at radius 1 is 1.28 bits per heavy atom. The monoisotopic (exact) mass is 620 g/mol. The first-order valence-electron chi connectivity index (χ1n) is 6.42. The van der Waals surface area contributed by atoms with Crippen LogP contribution in [0.5, 0.6) is 0 Å². The Balaban J connectivity index is 2.63. The van der Waals surface area contributed by atoms with Crippen molar-refractivity contribution in [2.45, 2.75) is 21.0 Å². The summed E-state index contributed by atoms with van der Waals surface area (Å²) in [5.74, 6) is -0.298. The van der Waals surface area contributed by atoms with Crippen LogP contribution in [0.1, 0.15) is 6.92 Å². The maximum Gasteiger partial charge on any atom is 0.282 e. The lowest BCUT2D eigenvalue weighted by molar-refractivity contribution is -0.385. The Morgan fingerprint density at radius 3 is 2.44 bits per heavy atom. The van der Waals surface area contributed by atoms with Crippen LogP contribution in [-0.2, 0) is 14.8 Å². The maximum absolute atomic E-state index is 12.6. The number of hydrogen-bond donors (Lipinski definition) is 0. The number of nitro groups is 1. The normalized spacial score (nSPS) is 26.2. The van der Waals surface area contributed by atoms with Crippen molar-refractivity contribution < 1.29 is 18.1 Å². The summed E-state index contributed by atoms with van der Waals surface area (Å²) < 4.78 is 28.1. The highest BCUT2D eigenvalue weighted by molar-refractivity contribution is 9.15. The van der Waals surface area contributed by atoms with E-state index in [9.17, 15) is 23.3 Å². The van der Waals surface area contributed by atoms with Crippen LogP contribution in [0.25, 0.3) is 0 Å². The lowest BCUT2D eigenvalue weighted by Crippen LogP contribution is -2.46. The van der Waals surface area contributed by atoms with Crippen LogP contribution < -0.4 is 0 Å². The number of ketones is 1. The lowest BCUT2D eigenvalue weighted by Gasteiger charge is -2.32. The number of Topliss-reactive ketones (excluding diaryl/α,β-unsaturated/α-hetero) is 1. The summed E-state index contributed by atoms with van der Waals surface area (Å²) in [6, 6.07) is 4.58. The van der Waals surface area contributed by atoms with Crippen LogP contribution in [0, 0.1) is 10.1 Å². The Kier molecular flexibility index (Phi) is 6.09. The van der Waals surface area contributed by atoms with Gasteiger partial charge in [-0.1, -0.05) is 37.9 Å². The molecule has 0 amide bonds. The first-order valence-corrected chi connectivity index (χ1v) is 11.2. The van der Waals surface area contributed by atoms with Gasteiger partial charge >= 0.3 is 0 Å². The molecule has 1 aromatic rings. The molecule has 7 nitrogen and oxygen atoms in total. The van der Waals surface area contributed by atoms with Crippen LogP contribution >= 0.6 is 63.7 Å². The SMILES string of the molecule is CC1(Br)C(=O)C(Br)=C(Br)C(=NS(=O)(=O)c2cccc([N+](=O)[O-])c2)C1Br. The smallest absolute Gasteiger partial charge is 0.282 e. The molecule has 0 saturated carbocycles. The van der Waals surface area contributed by atoms with E-state index in [0.29, 0.717) is 0 Å². The number of sulfonamides is 1. The van der Waals surface area contributed by atoms with Gasteiger partial charge in [0.15, 0.2) is 5.78 Å². The summed E-state index contributed by atoms with van der Waals surface area (Å²) >= 11 is 12.9. The average molecular weight is 624 g/mol. The quantitative estimate of drug-likeness (QED) is 0.285. The minimum Gasteiger partial charge on any atom is -0.292 e. The van der Waals surface area contributed by atoms with Crippen molar-refractivity contribution in [3.05, 3.63) is 43.3 Å². The molecule has 0 fully saturated rings. The van der Waals surface area contributed by atoms with Crippen molar-refractivity contribution in [2.75, 3.05) is 0 Å². The van der Waals surface area contributed by atoms with Crippen molar-refractivity contribution in [3.63, 3.8) is 0 Å². The van der Waals surface area contributed by atoms with Gasteiger partial charge in [-0.3, -0.25) is 14.9 Å². The van der Waals surface area contributed by atoms with Crippen molar-refractivity contribution in [1.29, 1.82) is 0 Å². The second-order valence-electron chi connectivity index (χ2n) is 5.10. The molecule has 0 spiro atoms. The number of alkyl halides is 2. The van der Waals surface area contributed by atoms with E-state index in [1.165, 1.54) is 18.2 Å². The second-order valence-corrected chi connectivity index (χ2v) is 10.9. The minimum absolute atomic E-state index is 0.0531. The second kappa shape index (κ2) is 7.29. The molecule has 1 aromatic carbocycles. The molecule has 0 aliphatic heterocycles. The molecule has 2 rings (SSSR count). The number of carbonyl (C=O) groups excluding carboxylic acids is 1. The fourth-order valence-electron chi connectivity index (χ4n) is 1.94. The summed E-state index contributed by atoms with van der Waals surface area (Å²) in [5, 5.41) is 10.8. The molecule has 1 aliphatic rings. The first kappa shape index (κ1) is 20.9. The van der Waals surface area contributed by atoms with Gasteiger partial charge in [-0.05, 0) is 44.8 Å². The topological polar surface area (TPSA) is 107 Å². The fraction of sp³-hybridized carbons (Fsp3) is 0.231. The number of nitro benzene ring substituents is 1. The maximum atomic E-state index is 12.6. The van der Waals surface area contributed by atoms with Crippen molar-refractivity contribution in [2.24, 2.45) is 4.40 Å². The number of carbonyl (C=O) groups is 1. The van der Waals surface area contributed by atoms with E-state index < -0.39 is 24.1 Å². The van der Waals surface area contributed by atoms with E-state index in [0.717, 1.165) is 6.07 Å². The van der Waals surface area contributed by atoms with Crippen LogP contribution in [-0.4, -0.2) is 34.0 Å². The number of non-ortho nitro benzene ring substituents is 1. The molecule has 0 bridgehead atoms. The Labute approximate surface area is 176 Å². The van der Waals surface area contributed by atoms with E-state index in [-0.39, 0.29) is 31.0 Å². The van der Waals surface area contributed by atoms with E-state index in [2.05, 4.69) is 68.1 Å². The highest BCUT2D eigenvalue weighted by atomic mass is 79.9. The minimum atomic E-state index is -4.24. The Hall–Kier alpha value is -0.430. The Bertz CT molecular complexity index is 939. The van der Waals surface area contributed by atoms with E-state index >= 15 is 0 Å². The van der Waals surface area contributed by atoms with Crippen LogP contribution in [0.2, 0.25) is 0 Å². The standard InChI is InChI=1S/C13H8Br4N2O5S/c1-13(17)11(16)10(8(14)9(15)12(13)20)18-25(23,24)7-4-2-3-6(5-7)19(21)22/h2-5,11H,1H3. The molecule has 2 unspecified atom stereocenters. The third-order valence-corrected chi connectivity index (χ3v) is 9.48. The number of nitrogens with zero attached hydrogens (tertiary/aromatic N) is 2. The largest absolute Gasteiger partial charge is 0.292 e. The zero-order valence-corrected chi connectivity index (χ0v) is 19.4. The van der Waals surface area contributed by atoms with E-state index in [1.807, 2.05) is 0 Å². The summed E-state index contributed by atoms with van der Waals surface area (Å²) in [4.78, 5) is 21.4. The number of allylic oxidation sites excluding steroid dienone is 2. The van der Waals surface area contributed by atoms with Crippen molar-refractivity contribution >= 4 is 90.9 Å². The third-order valence-electron chi connectivity index (χ3n) is 3.32. The van der Waals surface area contributed by atoms with Crippen LogP contribution in [0.3, 0.4) is 0 Å². The molecule has 0 N–H and O–H groups in total. The number of hydrogen-bond acceptors (Lipinski definition) is 5. The first-order chi connectivity index (χ1) is 11.4. The highest BCUT2D eigenvalue weighted by Gasteiger charge is 2.47. The number of benzene rings is 1. The van der Waals surface area contributed by atoms with Gasteiger partial charge in [0.1, 0.15) is 4.32 Å². The molecule has 1 aliphatic carbocycles. The van der Waals surface area contributed by atoms with Crippen LogP contribution in [0.15, 0.2) is 42.5 Å². The third kappa shape index (κ3) is 3.97. The number of rotatable bonds is 3. The van der Waals surface area contributed by atoms with Gasteiger partial charge in [0.2, 0.25) is 0 Å². The van der Waals surface area contributed by atoms with E-state index in [1.54, 1.807) is 6.92 Å². The fourth-order valence-corrected chi connectivity index (χ4v) is 5.91. The van der Waals surface area contributed by atoms with Gasteiger partial charge in [-0.2, -0.15) is 12.8 Å². The van der Waals surface area contributed by atoms with Crippen LogP contribution in [0.4, 0.5) is 5.69 Å². The number of halogens is 4. The molecule has 2 atom stereocenters. The van der Waals surface area contributed by atoms with Crippen molar-refractivity contribution in [3.8, 4) is 0 Å². The van der Waals surface area contributed by atoms with Crippen molar-refractivity contribution in [1.82, 2.24) is 0 Å². The molecule has 134 valence electrons. The lowest BCUT2D eigenvalue weighted by atomic mass is 9.93. The molecule has 0 saturated heterocycles. The van der Waals surface area contributed by atoms with Gasteiger partial charge in [0.05, 0.1) is 29.3 Å². The summed E-state index contributed by atoms with van der Waals surface area (Å²) in [5.41, 5.74) is -0.311. The zero-order chi connectivity index (χ0) is 19.2. The van der Waals surface area contributed by atoms with E-state index in [4.69, 9.17) is 0 Å². The summed E-state index contributed by atoms with van der Waals surface area (Å²) in [6.45, 7) is 1.57. The van der Waals surface area contributed by atoms with Gasteiger partial charge in [0.25, 0.3) is 15.7 Å². The van der Waals surface area contributed by atoms with Gasteiger partial charge in [-0.15, -0.1) is 0 Å². The molecule has 0 radical (unpaired) electrons. The molecular formula is C13H8Br4N2O5S. The van der Waals surface area contributed by atoms with Gasteiger partial charge in [-0.25, -0.2) is 0 Å². The highest BCUT2D eigenvalue weighted by Crippen LogP contribution is 2.43. The van der Waals surface area contributed by atoms with Gasteiger partial charge < -0.3 is 0 Å². The molecule has 12 heteroatoms. The molecular weight excluding hydrogens is 616 g/mol. The average Bonchev–Trinajstić information content (AvgIpc) is 2.56. The molecule has 0 heterocycles. The zero-order valence-electron chi connectivity index (χ0n) is 12.2. The summed E-state index contributed by atoms with van der Waals surface area (Å²) in [6.07, 6.45) is 0. The molecule has 25 heavy (non-hydrogen) atoms. The predicted molar refractivity (Wildman–Crippen MR) is 108 cm³/mol. The van der Waals surface area contributed by atoms with Gasteiger partial charge in [0, 0.05) is 12.1 Å². The Morgan fingerprint density at radius 2 is 1.88 bits per heavy atom.